The number of halogens is 1. The molecule has 0 aliphatic carbocycles. The Labute approximate surface area is 88.7 Å². The molecule has 1 amide bonds. The van der Waals surface area contributed by atoms with Crippen LogP contribution in [-0.2, 0) is 11.3 Å². The highest BCUT2D eigenvalue weighted by molar-refractivity contribution is 5.77. The van der Waals surface area contributed by atoms with Crippen LogP contribution in [0.2, 0.25) is 0 Å². The number of hydrogen-bond acceptors (Lipinski definition) is 2. The SMILES string of the molecule is CNC(=O)CNCc1ccc(F)c(C)c1. The Bertz CT molecular complexity index is 352. The maximum absolute atomic E-state index is 12.9. The van der Waals surface area contributed by atoms with Crippen LogP contribution in [0.15, 0.2) is 18.2 Å². The predicted molar refractivity (Wildman–Crippen MR) is 56.9 cm³/mol. The zero-order valence-electron chi connectivity index (χ0n) is 8.93. The Hall–Kier alpha value is -1.42. The lowest BCUT2D eigenvalue weighted by atomic mass is 10.1. The van der Waals surface area contributed by atoms with E-state index in [-0.39, 0.29) is 18.3 Å². The third-order valence-corrected chi connectivity index (χ3v) is 2.12. The zero-order chi connectivity index (χ0) is 11.3. The van der Waals surface area contributed by atoms with Crippen molar-refractivity contribution in [3.8, 4) is 0 Å². The molecule has 0 aliphatic heterocycles. The van der Waals surface area contributed by atoms with Crippen molar-refractivity contribution in [2.24, 2.45) is 0 Å². The number of carbonyl (C=O) groups excluding carboxylic acids is 1. The molecule has 1 aromatic rings. The van der Waals surface area contributed by atoms with Gasteiger partial charge in [-0.05, 0) is 24.1 Å². The molecule has 0 spiro atoms. The Morgan fingerprint density at radius 1 is 1.47 bits per heavy atom. The second-order valence-electron chi connectivity index (χ2n) is 3.36. The Morgan fingerprint density at radius 2 is 2.20 bits per heavy atom. The van der Waals surface area contributed by atoms with Gasteiger partial charge in [-0.3, -0.25) is 4.79 Å². The average Bonchev–Trinajstić information content (AvgIpc) is 2.23. The van der Waals surface area contributed by atoms with Gasteiger partial charge in [0.05, 0.1) is 6.54 Å². The van der Waals surface area contributed by atoms with Gasteiger partial charge in [-0.25, -0.2) is 4.39 Å². The number of nitrogens with one attached hydrogen (secondary N) is 2. The van der Waals surface area contributed by atoms with E-state index in [2.05, 4.69) is 10.6 Å². The second-order valence-corrected chi connectivity index (χ2v) is 3.36. The first-order valence-electron chi connectivity index (χ1n) is 4.80. The van der Waals surface area contributed by atoms with Crippen molar-refractivity contribution in [1.82, 2.24) is 10.6 Å². The topological polar surface area (TPSA) is 41.1 Å². The molecule has 0 bridgehead atoms. The van der Waals surface area contributed by atoms with E-state index in [4.69, 9.17) is 0 Å². The van der Waals surface area contributed by atoms with Crippen molar-refractivity contribution < 1.29 is 9.18 Å². The molecule has 3 nitrogen and oxygen atoms in total. The van der Waals surface area contributed by atoms with Gasteiger partial charge in [0.2, 0.25) is 5.91 Å². The average molecular weight is 210 g/mol. The minimum atomic E-state index is -0.204. The Kier molecular flexibility index (Phi) is 4.24. The summed E-state index contributed by atoms with van der Waals surface area (Å²) in [4.78, 5) is 10.9. The minimum Gasteiger partial charge on any atom is -0.358 e. The normalized spacial score (nSPS) is 10.1. The van der Waals surface area contributed by atoms with Crippen molar-refractivity contribution in [2.75, 3.05) is 13.6 Å². The molecule has 82 valence electrons. The summed E-state index contributed by atoms with van der Waals surface area (Å²) >= 11 is 0. The van der Waals surface area contributed by atoms with Crippen LogP contribution in [0, 0.1) is 12.7 Å². The molecule has 0 atom stereocenters. The first-order valence-corrected chi connectivity index (χ1v) is 4.80. The molecule has 0 aromatic heterocycles. The largest absolute Gasteiger partial charge is 0.358 e. The van der Waals surface area contributed by atoms with Crippen LogP contribution in [0.1, 0.15) is 11.1 Å². The van der Waals surface area contributed by atoms with Crippen LogP contribution >= 0.6 is 0 Å². The highest BCUT2D eigenvalue weighted by Crippen LogP contribution is 2.08. The number of hydrogen-bond donors (Lipinski definition) is 2. The smallest absolute Gasteiger partial charge is 0.233 e. The number of rotatable bonds is 4. The van der Waals surface area contributed by atoms with Crippen molar-refractivity contribution in [3.63, 3.8) is 0 Å². The molecule has 1 aromatic carbocycles. The van der Waals surface area contributed by atoms with E-state index < -0.39 is 0 Å². The molecular formula is C11H15FN2O. The minimum absolute atomic E-state index is 0.0613. The summed E-state index contributed by atoms with van der Waals surface area (Å²) in [6.07, 6.45) is 0. The highest BCUT2D eigenvalue weighted by Gasteiger charge is 2.00. The molecule has 0 saturated heterocycles. The summed E-state index contributed by atoms with van der Waals surface area (Å²) in [7, 11) is 1.59. The quantitative estimate of drug-likeness (QED) is 0.777. The summed E-state index contributed by atoms with van der Waals surface area (Å²) in [6, 6.07) is 4.91. The number of carbonyl (C=O) groups is 1. The highest BCUT2D eigenvalue weighted by atomic mass is 19.1. The summed E-state index contributed by atoms with van der Waals surface area (Å²) in [5.41, 5.74) is 1.59. The molecule has 0 saturated carbocycles. The van der Waals surface area contributed by atoms with Crippen LogP contribution in [0.4, 0.5) is 4.39 Å². The fraction of sp³-hybridized carbons (Fsp3) is 0.364. The molecule has 0 aliphatic rings. The number of likely N-dealkylation sites (N-methyl/N-ethyl adjacent to an activating group) is 1. The van der Waals surface area contributed by atoms with Gasteiger partial charge in [-0.2, -0.15) is 0 Å². The first-order chi connectivity index (χ1) is 7.13. The molecule has 0 unspecified atom stereocenters. The van der Waals surface area contributed by atoms with Crippen LogP contribution in [0.3, 0.4) is 0 Å². The van der Waals surface area contributed by atoms with Gasteiger partial charge in [-0.15, -0.1) is 0 Å². The Balaban J connectivity index is 2.44. The standard InChI is InChI=1S/C11H15FN2O/c1-8-5-9(3-4-10(8)12)6-14-7-11(15)13-2/h3-5,14H,6-7H2,1-2H3,(H,13,15). The molecule has 15 heavy (non-hydrogen) atoms. The van der Waals surface area contributed by atoms with Gasteiger partial charge in [0.1, 0.15) is 5.82 Å². The number of aryl methyl sites for hydroxylation is 1. The van der Waals surface area contributed by atoms with E-state index in [1.807, 2.05) is 0 Å². The van der Waals surface area contributed by atoms with Gasteiger partial charge in [0.25, 0.3) is 0 Å². The van der Waals surface area contributed by atoms with Crippen LogP contribution in [0.25, 0.3) is 0 Å². The Morgan fingerprint density at radius 3 is 2.80 bits per heavy atom. The van der Waals surface area contributed by atoms with Crippen LogP contribution < -0.4 is 10.6 Å². The van der Waals surface area contributed by atoms with Gasteiger partial charge in [0, 0.05) is 13.6 Å². The van der Waals surface area contributed by atoms with Crippen molar-refractivity contribution in [1.29, 1.82) is 0 Å². The maximum Gasteiger partial charge on any atom is 0.233 e. The van der Waals surface area contributed by atoms with Crippen molar-refractivity contribution >= 4 is 5.91 Å². The molecule has 4 heteroatoms. The van der Waals surface area contributed by atoms with Gasteiger partial charge in [0.15, 0.2) is 0 Å². The molecule has 2 N–H and O–H groups in total. The number of amides is 1. The van der Waals surface area contributed by atoms with E-state index in [1.165, 1.54) is 6.07 Å². The third kappa shape index (κ3) is 3.67. The zero-order valence-corrected chi connectivity index (χ0v) is 8.93. The summed E-state index contributed by atoms with van der Waals surface area (Å²) in [5, 5.41) is 5.47. The third-order valence-electron chi connectivity index (χ3n) is 2.12. The van der Waals surface area contributed by atoms with Crippen molar-refractivity contribution in [2.45, 2.75) is 13.5 Å². The lowest BCUT2D eigenvalue weighted by Crippen LogP contribution is -2.30. The fourth-order valence-corrected chi connectivity index (χ4v) is 1.23. The molecule has 0 radical (unpaired) electrons. The van der Waals surface area contributed by atoms with Crippen LogP contribution in [-0.4, -0.2) is 19.5 Å². The van der Waals surface area contributed by atoms with Gasteiger partial charge >= 0.3 is 0 Å². The lowest BCUT2D eigenvalue weighted by molar-refractivity contribution is -0.119. The predicted octanol–water partition coefficient (Wildman–Crippen LogP) is 0.970. The molecule has 0 fully saturated rings. The number of benzene rings is 1. The summed E-state index contributed by atoms with van der Waals surface area (Å²) < 4.78 is 12.9. The van der Waals surface area contributed by atoms with E-state index in [1.54, 1.807) is 26.1 Å². The van der Waals surface area contributed by atoms with Gasteiger partial charge < -0.3 is 10.6 Å². The maximum atomic E-state index is 12.9. The lowest BCUT2D eigenvalue weighted by Gasteiger charge is -2.05. The van der Waals surface area contributed by atoms with E-state index in [9.17, 15) is 9.18 Å². The summed E-state index contributed by atoms with van der Waals surface area (Å²) in [6.45, 7) is 2.55. The van der Waals surface area contributed by atoms with Crippen LogP contribution in [0.5, 0.6) is 0 Å². The first kappa shape index (κ1) is 11.7. The van der Waals surface area contributed by atoms with E-state index >= 15 is 0 Å². The van der Waals surface area contributed by atoms with Gasteiger partial charge in [-0.1, -0.05) is 12.1 Å². The molecule has 0 heterocycles. The summed E-state index contributed by atoms with van der Waals surface area (Å²) in [5.74, 6) is -0.265. The fourth-order valence-electron chi connectivity index (χ4n) is 1.23. The van der Waals surface area contributed by atoms with E-state index in [0.717, 1.165) is 5.56 Å². The van der Waals surface area contributed by atoms with E-state index in [0.29, 0.717) is 12.1 Å². The molecule has 1 rings (SSSR count). The van der Waals surface area contributed by atoms with Crippen molar-refractivity contribution in [3.05, 3.63) is 35.1 Å². The molecular weight excluding hydrogens is 195 g/mol. The second kappa shape index (κ2) is 5.46. The monoisotopic (exact) mass is 210 g/mol.